The number of rotatable bonds is 0. The SMILES string of the molecule is C[C@]12C[C@H]1C(=S)NC2=S. The van der Waals surface area contributed by atoms with Crippen LogP contribution in [0.5, 0.6) is 0 Å². The van der Waals surface area contributed by atoms with Crippen LogP contribution in [0.15, 0.2) is 0 Å². The van der Waals surface area contributed by atoms with Gasteiger partial charge < -0.3 is 5.32 Å². The van der Waals surface area contributed by atoms with Crippen LogP contribution >= 0.6 is 24.4 Å². The third kappa shape index (κ3) is 0.540. The van der Waals surface area contributed by atoms with E-state index in [1.54, 1.807) is 0 Å². The van der Waals surface area contributed by atoms with Crippen LogP contribution in [0.4, 0.5) is 0 Å². The molecule has 1 aliphatic carbocycles. The van der Waals surface area contributed by atoms with E-state index >= 15 is 0 Å². The van der Waals surface area contributed by atoms with Crippen molar-refractivity contribution in [2.24, 2.45) is 11.3 Å². The number of hydrogen-bond donors (Lipinski definition) is 1. The lowest BCUT2D eigenvalue weighted by Gasteiger charge is -2.02. The fourth-order valence-corrected chi connectivity index (χ4v) is 2.19. The van der Waals surface area contributed by atoms with Crippen molar-refractivity contribution in [2.45, 2.75) is 13.3 Å². The number of thiocarbonyl (C=S) groups is 2. The molecular formula is C6H7NS2. The predicted octanol–water partition coefficient (Wildman–Crippen LogP) is 1.27. The van der Waals surface area contributed by atoms with Crippen LogP contribution in [0.2, 0.25) is 0 Å². The van der Waals surface area contributed by atoms with Crippen molar-refractivity contribution in [3.63, 3.8) is 0 Å². The average Bonchev–Trinajstić information content (AvgIpc) is 2.38. The van der Waals surface area contributed by atoms with Crippen molar-refractivity contribution in [2.75, 3.05) is 0 Å². The van der Waals surface area contributed by atoms with Gasteiger partial charge in [0, 0.05) is 11.3 Å². The molecule has 0 aromatic heterocycles. The van der Waals surface area contributed by atoms with E-state index in [-0.39, 0.29) is 5.41 Å². The first-order valence-corrected chi connectivity index (χ1v) is 3.81. The Morgan fingerprint density at radius 2 is 2.33 bits per heavy atom. The second kappa shape index (κ2) is 1.35. The molecule has 2 rings (SSSR count). The van der Waals surface area contributed by atoms with Crippen molar-refractivity contribution in [3.05, 3.63) is 0 Å². The maximum Gasteiger partial charge on any atom is 0.0868 e. The molecule has 2 fully saturated rings. The molecule has 0 amide bonds. The van der Waals surface area contributed by atoms with Crippen LogP contribution in [0.3, 0.4) is 0 Å². The van der Waals surface area contributed by atoms with Crippen molar-refractivity contribution in [1.82, 2.24) is 5.32 Å². The summed E-state index contributed by atoms with van der Waals surface area (Å²) in [5, 5.41) is 3.02. The van der Waals surface area contributed by atoms with Crippen molar-refractivity contribution in [3.8, 4) is 0 Å². The van der Waals surface area contributed by atoms with Crippen LogP contribution < -0.4 is 5.32 Å². The van der Waals surface area contributed by atoms with Crippen molar-refractivity contribution >= 4 is 34.4 Å². The van der Waals surface area contributed by atoms with Gasteiger partial charge in [-0.25, -0.2) is 0 Å². The second-order valence-electron chi connectivity index (χ2n) is 2.99. The molecular weight excluding hydrogens is 150 g/mol. The molecule has 48 valence electrons. The van der Waals surface area contributed by atoms with E-state index in [1.807, 2.05) is 0 Å². The Morgan fingerprint density at radius 1 is 1.67 bits per heavy atom. The normalized spacial score (nSPS) is 46.6. The number of fused-ring (bicyclic) bond motifs is 1. The van der Waals surface area contributed by atoms with Gasteiger partial charge in [-0.1, -0.05) is 31.4 Å². The highest BCUT2D eigenvalue weighted by molar-refractivity contribution is 7.82. The van der Waals surface area contributed by atoms with E-state index in [2.05, 4.69) is 12.2 Å². The van der Waals surface area contributed by atoms with E-state index in [0.717, 1.165) is 9.98 Å². The molecule has 1 heterocycles. The maximum atomic E-state index is 5.08. The van der Waals surface area contributed by atoms with Crippen molar-refractivity contribution in [1.29, 1.82) is 0 Å². The first kappa shape index (κ1) is 5.74. The molecule has 1 aliphatic heterocycles. The molecule has 1 saturated carbocycles. The topological polar surface area (TPSA) is 12.0 Å². The first-order chi connectivity index (χ1) is 4.14. The van der Waals surface area contributed by atoms with Gasteiger partial charge in [-0.15, -0.1) is 0 Å². The van der Waals surface area contributed by atoms with E-state index in [9.17, 15) is 0 Å². The predicted molar refractivity (Wildman–Crippen MR) is 44.5 cm³/mol. The molecule has 0 unspecified atom stereocenters. The Kier molecular flexibility index (Phi) is 0.860. The minimum atomic E-state index is 0.270. The van der Waals surface area contributed by atoms with E-state index < -0.39 is 0 Å². The summed E-state index contributed by atoms with van der Waals surface area (Å²) in [7, 11) is 0. The summed E-state index contributed by atoms with van der Waals surface area (Å²) in [6, 6.07) is 0. The van der Waals surface area contributed by atoms with Gasteiger partial charge >= 0.3 is 0 Å². The summed E-state index contributed by atoms with van der Waals surface area (Å²) in [6.45, 7) is 2.17. The molecule has 0 aromatic rings. The van der Waals surface area contributed by atoms with Gasteiger partial charge in [0.15, 0.2) is 0 Å². The van der Waals surface area contributed by atoms with Crippen LogP contribution in [-0.2, 0) is 0 Å². The lowest BCUT2D eigenvalue weighted by molar-refractivity contribution is 0.794. The fraction of sp³-hybridized carbons (Fsp3) is 0.667. The van der Waals surface area contributed by atoms with Crippen LogP contribution in [0, 0.1) is 11.3 Å². The third-order valence-electron chi connectivity index (χ3n) is 2.31. The van der Waals surface area contributed by atoms with Gasteiger partial charge in [-0.05, 0) is 6.42 Å². The van der Waals surface area contributed by atoms with E-state index in [0.29, 0.717) is 5.92 Å². The Labute approximate surface area is 64.8 Å². The van der Waals surface area contributed by atoms with Gasteiger partial charge in [0.25, 0.3) is 0 Å². The standard InChI is InChI=1S/C6H7NS2/c1-6-2-3(6)4(8)7-5(6)9/h3H,2H2,1H3,(H,7,8,9)/t3-,6-/m0/s1. The fourth-order valence-electron chi connectivity index (χ4n) is 1.34. The molecule has 0 radical (unpaired) electrons. The average molecular weight is 157 g/mol. The summed E-state index contributed by atoms with van der Waals surface area (Å²) < 4.78 is 0. The van der Waals surface area contributed by atoms with Crippen molar-refractivity contribution < 1.29 is 0 Å². The molecule has 1 nitrogen and oxygen atoms in total. The monoisotopic (exact) mass is 157 g/mol. The number of hydrogen-bond acceptors (Lipinski definition) is 2. The molecule has 0 spiro atoms. The Balaban J connectivity index is 2.38. The highest BCUT2D eigenvalue weighted by Crippen LogP contribution is 2.56. The maximum absolute atomic E-state index is 5.08. The Hall–Kier alpha value is -0.0200. The van der Waals surface area contributed by atoms with Gasteiger partial charge in [0.2, 0.25) is 0 Å². The zero-order chi connectivity index (χ0) is 6.65. The molecule has 2 aliphatic rings. The minimum absolute atomic E-state index is 0.270. The van der Waals surface area contributed by atoms with E-state index in [1.165, 1.54) is 6.42 Å². The number of piperidine rings is 1. The molecule has 0 aromatic carbocycles. The van der Waals surface area contributed by atoms with Crippen LogP contribution in [0.1, 0.15) is 13.3 Å². The summed E-state index contributed by atoms with van der Waals surface area (Å²) in [4.78, 5) is 1.92. The van der Waals surface area contributed by atoms with Crippen LogP contribution in [-0.4, -0.2) is 9.98 Å². The molecule has 9 heavy (non-hydrogen) atoms. The smallest absolute Gasteiger partial charge is 0.0868 e. The summed E-state index contributed by atoms with van der Waals surface area (Å²) in [6.07, 6.45) is 1.18. The van der Waals surface area contributed by atoms with E-state index in [4.69, 9.17) is 24.4 Å². The second-order valence-corrected chi connectivity index (χ2v) is 3.84. The number of nitrogens with one attached hydrogen (secondary N) is 1. The Morgan fingerprint density at radius 3 is 2.44 bits per heavy atom. The van der Waals surface area contributed by atoms with Gasteiger partial charge in [0.1, 0.15) is 0 Å². The molecule has 1 N–H and O–H groups in total. The largest absolute Gasteiger partial charge is 0.344 e. The molecule has 1 saturated heterocycles. The zero-order valence-corrected chi connectivity index (χ0v) is 6.73. The Bertz CT molecular complexity index is 211. The zero-order valence-electron chi connectivity index (χ0n) is 5.10. The lowest BCUT2D eigenvalue weighted by Crippen LogP contribution is -2.24. The van der Waals surface area contributed by atoms with Gasteiger partial charge in [0.05, 0.1) is 9.98 Å². The summed E-state index contributed by atoms with van der Waals surface area (Å²) in [5.74, 6) is 0.583. The highest BCUT2D eigenvalue weighted by Gasteiger charge is 2.60. The molecule has 2 atom stereocenters. The summed E-state index contributed by atoms with van der Waals surface area (Å²) in [5.41, 5.74) is 0.270. The summed E-state index contributed by atoms with van der Waals surface area (Å²) >= 11 is 10.1. The molecule has 0 bridgehead atoms. The quantitative estimate of drug-likeness (QED) is 0.532. The first-order valence-electron chi connectivity index (χ1n) is 3.00. The van der Waals surface area contributed by atoms with Gasteiger partial charge in [-0.2, -0.15) is 0 Å². The van der Waals surface area contributed by atoms with Gasteiger partial charge in [-0.3, -0.25) is 0 Å². The third-order valence-corrected chi connectivity index (χ3v) is 3.26. The molecule has 3 heteroatoms. The highest BCUT2D eigenvalue weighted by atomic mass is 32.1. The minimum Gasteiger partial charge on any atom is -0.344 e. The van der Waals surface area contributed by atoms with Crippen LogP contribution in [0.25, 0.3) is 0 Å². The lowest BCUT2D eigenvalue weighted by atomic mass is 10.1.